The molecular formula is C27H28N2O8S2. The zero-order valence-corrected chi connectivity index (χ0v) is 22.7. The Hall–Kier alpha value is -3.74. The number of carboxylic acid groups (broad SMARTS) is 1. The van der Waals surface area contributed by atoms with Crippen molar-refractivity contribution in [2.75, 3.05) is 23.7 Å². The number of aliphatic carboxylic acids is 1. The van der Waals surface area contributed by atoms with Crippen molar-refractivity contribution in [1.82, 2.24) is 4.31 Å². The molecule has 0 fully saturated rings. The maximum Gasteiger partial charge on any atom is 0.305 e. The number of benzene rings is 3. The van der Waals surface area contributed by atoms with Crippen molar-refractivity contribution in [3.05, 3.63) is 89.5 Å². The normalized spacial score (nSPS) is 13.4. The topological polar surface area (TPSA) is 149 Å². The van der Waals surface area contributed by atoms with Crippen molar-refractivity contribution in [2.24, 2.45) is 0 Å². The highest BCUT2D eigenvalue weighted by atomic mass is 32.2. The zero-order valence-electron chi connectivity index (χ0n) is 21.1. The van der Waals surface area contributed by atoms with E-state index in [1.807, 2.05) is 4.90 Å². The average molecular weight is 573 g/mol. The number of hydrogen-bond acceptors (Lipinski definition) is 7. The van der Waals surface area contributed by atoms with Gasteiger partial charge < -0.3 is 10.0 Å². The fourth-order valence-electron chi connectivity index (χ4n) is 4.69. The van der Waals surface area contributed by atoms with E-state index in [0.717, 1.165) is 5.56 Å². The van der Waals surface area contributed by atoms with Gasteiger partial charge in [0.1, 0.15) is 0 Å². The van der Waals surface area contributed by atoms with E-state index in [2.05, 4.69) is 0 Å². The number of anilines is 2. The van der Waals surface area contributed by atoms with Gasteiger partial charge in [-0.1, -0.05) is 54.1 Å². The minimum absolute atomic E-state index is 0.104. The number of carbonyl (C=O) groups is 2. The summed E-state index contributed by atoms with van der Waals surface area (Å²) >= 11 is 0. The van der Waals surface area contributed by atoms with Crippen LogP contribution in [0.25, 0.3) is 0 Å². The Morgan fingerprint density at radius 1 is 0.872 bits per heavy atom. The molecule has 1 heterocycles. The van der Waals surface area contributed by atoms with Crippen LogP contribution >= 0.6 is 0 Å². The van der Waals surface area contributed by atoms with Gasteiger partial charge in [-0.05, 0) is 48.7 Å². The number of fused-ring (bicyclic) bond motifs is 2. The van der Waals surface area contributed by atoms with Crippen LogP contribution in [0.2, 0.25) is 0 Å². The number of amides is 1. The van der Waals surface area contributed by atoms with E-state index in [4.69, 9.17) is 0 Å². The van der Waals surface area contributed by atoms with Crippen molar-refractivity contribution in [1.29, 1.82) is 0 Å². The molecule has 4 rings (SSSR count). The molecule has 206 valence electrons. The van der Waals surface area contributed by atoms with Crippen molar-refractivity contribution in [3.8, 4) is 0 Å². The van der Waals surface area contributed by atoms with Crippen molar-refractivity contribution in [3.63, 3.8) is 0 Å². The molecule has 39 heavy (non-hydrogen) atoms. The second kappa shape index (κ2) is 11.2. The summed E-state index contributed by atoms with van der Waals surface area (Å²) in [6.45, 7) is 1.45. The zero-order chi connectivity index (χ0) is 28.4. The van der Waals surface area contributed by atoms with Crippen LogP contribution < -0.4 is 4.90 Å². The predicted molar refractivity (Wildman–Crippen MR) is 145 cm³/mol. The number of nitrogens with zero attached hydrogens (tertiary/aromatic N) is 2. The lowest BCUT2D eigenvalue weighted by Gasteiger charge is -2.38. The molecule has 0 spiro atoms. The molecule has 3 aromatic rings. The van der Waals surface area contributed by atoms with Gasteiger partial charge in [0, 0.05) is 24.5 Å². The second-order valence-electron chi connectivity index (χ2n) is 9.21. The molecule has 12 heteroatoms. The molecule has 0 radical (unpaired) electrons. The highest BCUT2D eigenvalue weighted by Gasteiger charge is 2.40. The molecule has 10 nitrogen and oxygen atoms in total. The molecule has 1 amide bonds. The number of hydrogen-bond donors (Lipinski definition) is 2. The Labute approximate surface area is 227 Å². The Morgan fingerprint density at radius 2 is 1.41 bits per heavy atom. The number of aryl methyl sites for hydroxylation is 1. The SMILES string of the molecule is Cc1ccc(S(=O)(=O)N(CCC(=O)O)C(=O)C2c3ccccc3N(CCCS(=O)(=O)O)c3ccccc32)cc1. The maximum atomic E-state index is 14.2. The van der Waals surface area contributed by atoms with Crippen LogP contribution in [0.1, 0.15) is 35.4 Å². The molecule has 0 saturated heterocycles. The number of carboxylic acids is 1. The summed E-state index contributed by atoms with van der Waals surface area (Å²) in [6.07, 6.45) is -0.471. The summed E-state index contributed by atoms with van der Waals surface area (Å²) in [7, 11) is -8.57. The van der Waals surface area contributed by atoms with E-state index in [0.29, 0.717) is 26.8 Å². The molecule has 1 aliphatic rings. The number of carbonyl (C=O) groups excluding carboxylic acids is 1. The monoisotopic (exact) mass is 572 g/mol. The lowest BCUT2D eigenvalue weighted by Crippen LogP contribution is -2.43. The molecule has 0 unspecified atom stereocenters. The minimum Gasteiger partial charge on any atom is -0.481 e. The van der Waals surface area contributed by atoms with Gasteiger partial charge in [0.25, 0.3) is 20.1 Å². The molecule has 2 N–H and O–H groups in total. The third kappa shape index (κ3) is 6.13. The second-order valence-corrected chi connectivity index (χ2v) is 12.6. The third-order valence-electron chi connectivity index (χ3n) is 6.49. The van der Waals surface area contributed by atoms with E-state index < -0.39 is 56.7 Å². The molecular weight excluding hydrogens is 544 g/mol. The summed E-state index contributed by atoms with van der Waals surface area (Å²) in [5.74, 6) is -3.56. The van der Waals surface area contributed by atoms with Crippen molar-refractivity contribution >= 4 is 43.4 Å². The molecule has 1 aliphatic heterocycles. The smallest absolute Gasteiger partial charge is 0.305 e. The molecule has 0 saturated carbocycles. The van der Waals surface area contributed by atoms with E-state index in [1.54, 1.807) is 67.6 Å². The van der Waals surface area contributed by atoms with Crippen molar-refractivity contribution < 1.29 is 36.1 Å². The van der Waals surface area contributed by atoms with Gasteiger partial charge >= 0.3 is 5.97 Å². The Bertz CT molecular complexity index is 1560. The van der Waals surface area contributed by atoms with Crippen LogP contribution in [0.15, 0.2) is 77.7 Å². The largest absolute Gasteiger partial charge is 0.481 e. The van der Waals surface area contributed by atoms with Crippen LogP contribution in [0, 0.1) is 6.92 Å². The Morgan fingerprint density at radius 3 is 1.92 bits per heavy atom. The molecule has 0 bridgehead atoms. The van der Waals surface area contributed by atoms with E-state index >= 15 is 0 Å². The lowest BCUT2D eigenvalue weighted by molar-refractivity contribution is -0.137. The van der Waals surface area contributed by atoms with Gasteiger partial charge in [-0.15, -0.1) is 0 Å². The van der Waals surface area contributed by atoms with Crippen LogP contribution in [0.4, 0.5) is 11.4 Å². The summed E-state index contributed by atoms with van der Waals surface area (Å²) < 4.78 is 59.8. The van der Waals surface area contributed by atoms with Crippen LogP contribution in [-0.2, 0) is 29.7 Å². The van der Waals surface area contributed by atoms with E-state index in [-0.39, 0.29) is 17.9 Å². The minimum atomic E-state index is -4.40. The van der Waals surface area contributed by atoms with Crippen LogP contribution in [0.3, 0.4) is 0 Å². The maximum absolute atomic E-state index is 14.2. The van der Waals surface area contributed by atoms with Gasteiger partial charge in [0.15, 0.2) is 0 Å². The summed E-state index contributed by atoms with van der Waals surface area (Å²) in [4.78, 5) is 27.3. The molecule has 3 aromatic carbocycles. The first kappa shape index (κ1) is 28.3. The van der Waals surface area contributed by atoms with Crippen LogP contribution in [0.5, 0.6) is 0 Å². The third-order valence-corrected chi connectivity index (χ3v) is 9.11. The summed E-state index contributed by atoms with van der Waals surface area (Å²) in [5, 5.41) is 9.32. The predicted octanol–water partition coefficient (Wildman–Crippen LogP) is 3.55. The number of para-hydroxylation sites is 2. The summed E-state index contributed by atoms with van der Waals surface area (Å²) in [6, 6.07) is 19.7. The first-order chi connectivity index (χ1) is 18.4. The average Bonchev–Trinajstić information content (AvgIpc) is 2.87. The Kier molecular flexibility index (Phi) is 8.09. The Balaban J connectivity index is 1.81. The molecule has 0 aromatic heterocycles. The van der Waals surface area contributed by atoms with Crippen LogP contribution in [-0.4, -0.2) is 61.5 Å². The highest BCUT2D eigenvalue weighted by molar-refractivity contribution is 7.89. The summed E-state index contributed by atoms with van der Waals surface area (Å²) in [5.41, 5.74) is 2.97. The van der Waals surface area contributed by atoms with E-state index in [1.165, 1.54) is 12.1 Å². The number of rotatable bonds is 10. The lowest BCUT2D eigenvalue weighted by atomic mass is 9.84. The van der Waals surface area contributed by atoms with Gasteiger partial charge in [-0.2, -0.15) is 8.42 Å². The number of sulfonamides is 1. The van der Waals surface area contributed by atoms with Crippen molar-refractivity contribution in [2.45, 2.75) is 30.6 Å². The standard InChI is InChI=1S/C27H28N2O8S2/c1-19-11-13-20(14-12-19)39(36,37)29(17-15-25(30)31)27(32)26-21-7-2-4-9-23(21)28(16-6-18-38(33,34)35)24-10-5-3-8-22(24)26/h2-5,7-14,26H,6,15-18H2,1H3,(H,30,31)(H,33,34,35). The quantitative estimate of drug-likeness (QED) is 0.348. The molecule has 0 atom stereocenters. The van der Waals surface area contributed by atoms with Gasteiger partial charge in [0.05, 0.1) is 23.0 Å². The van der Waals surface area contributed by atoms with Gasteiger partial charge in [-0.3, -0.25) is 14.1 Å². The first-order valence-electron chi connectivity index (χ1n) is 12.2. The fraction of sp³-hybridized carbons (Fsp3) is 0.259. The first-order valence-corrected chi connectivity index (χ1v) is 15.2. The van der Waals surface area contributed by atoms with E-state index in [9.17, 15) is 36.1 Å². The van der Waals surface area contributed by atoms with Gasteiger partial charge in [0.2, 0.25) is 5.91 Å². The molecule has 0 aliphatic carbocycles. The highest BCUT2D eigenvalue weighted by Crippen LogP contribution is 2.46. The fourth-order valence-corrected chi connectivity index (χ4v) is 6.59. The van der Waals surface area contributed by atoms with Gasteiger partial charge in [-0.25, -0.2) is 12.7 Å².